The molecule has 0 fully saturated rings. The zero-order valence-corrected chi connectivity index (χ0v) is 15.4. The number of urea groups is 1. The fourth-order valence-electron chi connectivity index (χ4n) is 2.50. The van der Waals surface area contributed by atoms with Crippen LogP contribution in [0.3, 0.4) is 0 Å². The van der Waals surface area contributed by atoms with Crippen molar-refractivity contribution in [2.45, 2.75) is 19.9 Å². The summed E-state index contributed by atoms with van der Waals surface area (Å²) >= 11 is 3.46. The summed E-state index contributed by atoms with van der Waals surface area (Å²) in [4.78, 5) is 24.2. The van der Waals surface area contributed by atoms with Gasteiger partial charge in [-0.1, -0.05) is 15.9 Å². The van der Waals surface area contributed by atoms with E-state index in [2.05, 4.69) is 26.6 Å². The summed E-state index contributed by atoms with van der Waals surface area (Å²) in [7, 11) is 3.05. The average Bonchev–Trinajstić information content (AvgIpc) is 2.53. The summed E-state index contributed by atoms with van der Waals surface area (Å²) in [6, 6.07) is 2.37. The highest BCUT2D eigenvalue weighted by Gasteiger charge is 2.33. The second-order valence-electron chi connectivity index (χ2n) is 5.02. The van der Waals surface area contributed by atoms with Crippen LogP contribution in [0.5, 0.6) is 11.5 Å². The predicted molar refractivity (Wildman–Crippen MR) is 91.0 cm³/mol. The van der Waals surface area contributed by atoms with E-state index in [1.165, 1.54) is 14.2 Å². The monoisotopic (exact) mass is 398 g/mol. The molecular weight excluding hydrogens is 380 g/mol. The van der Waals surface area contributed by atoms with Crippen LogP contribution in [0.15, 0.2) is 27.9 Å². The Balaban J connectivity index is 2.57. The van der Waals surface area contributed by atoms with E-state index in [1.54, 1.807) is 26.0 Å². The molecule has 2 rings (SSSR count). The molecule has 0 aromatic heterocycles. The molecule has 1 atom stereocenters. The number of benzene rings is 1. The number of hydrogen-bond acceptors (Lipinski definition) is 5. The summed E-state index contributed by atoms with van der Waals surface area (Å²) in [5.74, 6) is 0.533. The zero-order chi connectivity index (χ0) is 17.9. The van der Waals surface area contributed by atoms with Crippen molar-refractivity contribution in [3.05, 3.63) is 33.4 Å². The van der Waals surface area contributed by atoms with Crippen LogP contribution in [0, 0.1) is 0 Å². The molecular formula is C16H19BrN2O5. The lowest BCUT2D eigenvalue weighted by Gasteiger charge is -2.29. The van der Waals surface area contributed by atoms with Gasteiger partial charge in [-0.05, 0) is 31.5 Å². The van der Waals surface area contributed by atoms with E-state index in [4.69, 9.17) is 14.2 Å². The number of allylic oxidation sites excluding steroid dienone is 1. The quantitative estimate of drug-likeness (QED) is 0.744. The molecule has 8 heteroatoms. The molecule has 1 aliphatic rings. The van der Waals surface area contributed by atoms with Gasteiger partial charge in [0.05, 0.1) is 32.4 Å². The van der Waals surface area contributed by atoms with Crippen LogP contribution in [0.25, 0.3) is 0 Å². The maximum atomic E-state index is 12.3. The van der Waals surface area contributed by atoms with E-state index in [0.717, 1.165) is 0 Å². The molecule has 0 unspecified atom stereocenters. The molecule has 2 N–H and O–H groups in total. The van der Waals surface area contributed by atoms with Gasteiger partial charge in [0, 0.05) is 10.2 Å². The maximum Gasteiger partial charge on any atom is 0.338 e. The Bertz CT molecular complexity index is 702. The minimum atomic E-state index is -0.674. The smallest absolute Gasteiger partial charge is 0.338 e. The lowest BCUT2D eigenvalue weighted by atomic mass is 9.95. The predicted octanol–water partition coefficient (Wildman–Crippen LogP) is 2.66. The van der Waals surface area contributed by atoms with Crippen molar-refractivity contribution in [3.8, 4) is 11.5 Å². The van der Waals surface area contributed by atoms with Crippen molar-refractivity contribution in [1.29, 1.82) is 0 Å². The highest BCUT2D eigenvalue weighted by Crippen LogP contribution is 2.39. The number of methoxy groups -OCH3 is 2. The van der Waals surface area contributed by atoms with Gasteiger partial charge in [0.2, 0.25) is 0 Å². The molecule has 1 aromatic carbocycles. The van der Waals surface area contributed by atoms with Crippen molar-refractivity contribution in [1.82, 2.24) is 10.6 Å². The summed E-state index contributed by atoms with van der Waals surface area (Å²) < 4.78 is 16.4. The van der Waals surface area contributed by atoms with Crippen LogP contribution in [0.4, 0.5) is 4.79 Å². The summed E-state index contributed by atoms with van der Waals surface area (Å²) in [6.07, 6.45) is 0. The van der Waals surface area contributed by atoms with Gasteiger partial charge in [-0.2, -0.15) is 0 Å². The van der Waals surface area contributed by atoms with Crippen LogP contribution in [0.2, 0.25) is 0 Å². The molecule has 1 heterocycles. The molecule has 1 aromatic rings. The first kappa shape index (κ1) is 18.1. The molecule has 0 aliphatic carbocycles. The van der Waals surface area contributed by atoms with Crippen molar-refractivity contribution >= 4 is 27.9 Å². The number of halogens is 1. The van der Waals surface area contributed by atoms with Crippen LogP contribution in [-0.2, 0) is 9.53 Å². The molecule has 0 spiro atoms. The first-order valence-electron chi connectivity index (χ1n) is 7.29. The average molecular weight is 399 g/mol. The van der Waals surface area contributed by atoms with Crippen molar-refractivity contribution in [3.63, 3.8) is 0 Å². The van der Waals surface area contributed by atoms with Crippen LogP contribution >= 0.6 is 15.9 Å². The van der Waals surface area contributed by atoms with E-state index in [0.29, 0.717) is 32.8 Å². The number of rotatable bonds is 5. The number of hydrogen-bond donors (Lipinski definition) is 2. The second kappa shape index (κ2) is 7.57. The lowest BCUT2D eigenvalue weighted by molar-refractivity contribution is -0.139. The Morgan fingerprint density at radius 3 is 2.46 bits per heavy atom. The van der Waals surface area contributed by atoms with Crippen LogP contribution in [-0.4, -0.2) is 32.8 Å². The van der Waals surface area contributed by atoms with Crippen molar-refractivity contribution in [2.75, 3.05) is 20.8 Å². The van der Waals surface area contributed by atoms with Gasteiger partial charge in [0.1, 0.15) is 0 Å². The normalized spacial score (nSPS) is 17.0. The first-order chi connectivity index (χ1) is 11.4. The molecule has 2 amide bonds. The highest BCUT2D eigenvalue weighted by molar-refractivity contribution is 9.10. The fourth-order valence-corrected chi connectivity index (χ4v) is 3.05. The zero-order valence-electron chi connectivity index (χ0n) is 13.9. The van der Waals surface area contributed by atoms with Gasteiger partial charge < -0.3 is 24.8 Å². The Kier molecular flexibility index (Phi) is 5.71. The van der Waals surface area contributed by atoms with Crippen molar-refractivity contribution < 1.29 is 23.8 Å². The highest BCUT2D eigenvalue weighted by atomic mass is 79.9. The van der Waals surface area contributed by atoms with E-state index < -0.39 is 18.0 Å². The molecule has 0 saturated heterocycles. The van der Waals surface area contributed by atoms with Gasteiger partial charge in [0.15, 0.2) is 11.5 Å². The number of amides is 2. The summed E-state index contributed by atoms with van der Waals surface area (Å²) in [5, 5.41) is 5.34. The number of esters is 1. The van der Waals surface area contributed by atoms with Gasteiger partial charge in [-0.3, -0.25) is 0 Å². The van der Waals surface area contributed by atoms with E-state index in [9.17, 15) is 9.59 Å². The lowest BCUT2D eigenvalue weighted by Crippen LogP contribution is -2.45. The molecule has 1 aliphatic heterocycles. The van der Waals surface area contributed by atoms with E-state index in [1.807, 2.05) is 0 Å². The van der Waals surface area contributed by atoms with E-state index >= 15 is 0 Å². The second-order valence-corrected chi connectivity index (χ2v) is 5.87. The van der Waals surface area contributed by atoms with Crippen molar-refractivity contribution in [2.24, 2.45) is 0 Å². The standard InChI is InChI=1S/C16H19BrN2O5/c1-5-24-15(20)13-8(2)18-16(21)19-14(13)9-6-11(22-3)12(23-4)7-10(9)17/h6-7,14H,5H2,1-4H3,(H2,18,19,21)/t14-/m1/s1. The Morgan fingerprint density at radius 1 is 1.25 bits per heavy atom. The Hall–Kier alpha value is -2.22. The number of carbonyl (C=O) groups is 2. The SMILES string of the molecule is CCOC(=O)C1=C(C)NC(=O)N[C@@H]1c1cc(OC)c(OC)cc1Br. The summed E-state index contributed by atoms with van der Waals surface area (Å²) in [5.41, 5.74) is 1.44. The number of ether oxygens (including phenoxy) is 3. The Morgan fingerprint density at radius 2 is 1.88 bits per heavy atom. The van der Waals surface area contributed by atoms with E-state index in [-0.39, 0.29) is 6.61 Å². The molecule has 130 valence electrons. The number of carbonyl (C=O) groups excluding carboxylic acids is 2. The minimum Gasteiger partial charge on any atom is -0.493 e. The van der Waals surface area contributed by atoms with Crippen LogP contribution in [0.1, 0.15) is 25.5 Å². The molecule has 7 nitrogen and oxygen atoms in total. The molecule has 24 heavy (non-hydrogen) atoms. The fraction of sp³-hybridized carbons (Fsp3) is 0.375. The molecule has 0 radical (unpaired) electrons. The largest absolute Gasteiger partial charge is 0.493 e. The topological polar surface area (TPSA) is 85.9 Å². The van der Waals surface area contributed by atoms with Gasteiger partial charge in [-0.25, -0.2) is 9.59 Å². The molecule has 0 bridgehead atoms. The first-order valence-corrected chi connectivity index (χ1v) is 8.09. The number of nitrogens with one attached hydrogen (secondary N) is 2. The van der Waals surface area contributed by atoms with Gasteiger partial charge in [0.25, 0.3) is 0 Å². The third-order valence-corrected chi connectivity index (χ3v) is 4.27. The summed E-state index contributed by atoms with van der Waals surface area (Å²) in [6.45, 7) is 3.62. The maximum absolute atomic E-state index is 12.3. The van der Waals surface area contributed by atoms with Gasteiger partial charge >= 0.3 is 12.0 Å². The molecule has 0 saturated carbocycles. The Labute approximate surface area is 148 Å². The third kappa shape index (κ3) is 3.48. The van der Waals surface area contributed by atoms with Gasteiger partial charge in [-0.15, -0.1) is 0 Å². The van der Waals surface area contributed by atoms with Crippen LogP contribution < -0.4 is 20.1 Å². The minimum absolute atomic E-state index is 0.239. The third-order valence-electron chi connectivity index (χ3n) is 3.58.